The summed E-state index contributed by atoms with van der Waals surface area (Å²) in [5, 5.41) is 13.2. The molecule has 0 atom stereocenters. The fourth-order valence-electron chi connectivity index (χ4n) is 1.32. The van der Waals surface area contributed by atoms with E-state index in [2.05, 4.69) is 15.3 Å². The Morgan fingerprint density at radius 2 is 2.16 bits per heavy atom. The van der Waals surface area contributed by atoms with Gasteiger partial charge in [0.15, 0.2) is 0 Å². The van der Waals surface area contributed by atoms with E-state index in [0.29, 0.717) is 11.3 Å². The minimum absolute atomic E-state index is 0.0109. The van der Waals surface area contributed by atoms with E-state index in [0.717, 1.165) is 0 Å². The number of nitrogens with one attached hydrogen (secondary N) is 1. The highest BCUT2D eigenvalue weighted by Crippen LogP contribution is 2.18. The average Bonchev–Trinajstić information content (AvgIpc) is 2.36. The number of amides is 2. The van der Waals surface area contributed by atoms with Crippen LogP contribution in [0.5, 0.6) is 5.75 Å². The van der Waals surface area contributed by atoms with Crippen molar-refractivity contribution in [3.63, 3.8) is 0 Å². The number of benzene rings is 1. The van der Waals surface area contributed by atoms with Crippen LogP contribution in [0.1, 0.15) is 29.8 Å². The van der Waals surface area contributed by atoms with Gasteiger partial charge in [-0.2, -0.15) is 5.10 Å². The van der Waals surface area contributed by atoms with E-state index in [4.69, 9.17) is 5.73 Å². The van der Waals surface area contributed by atoms with Crippen LogP contribution < -0.4 is 11.2 Å². The summed E-state index contributed by atoms with van der Waals surface area (Å²) in [5.41, 5.74) is 8.28. The fourth-order valence-corrected chi connectivity index (χ4v) is 1.32. The highest BCUT2D eigenvalue weighted by atomic mass is 16.5. The largest absolute Gasteiger partial charge is 0.507 e. The minimum atomic E-state index is -0.745. The molecule has 1 aromatic carbocycles. The molecular formula is C12H15N3O4. The molecule has 4 N–H and O–H groups in total. The number of hydrogen-bond donors (Lipinski definition) is 3. The molecule has 0 saturated heterocycles. The number of nitrogens with zero attached hydrogens (tertiary/aromatic N) is 1. The molecule has 0 heterocycles. The molecule has 0 aliphatic carbocycles. The summed E-state index contributed by atoms with van der Waals surface area (Å²) in [7, 11) is 0. The zero-order valence-electron chi connectivity index (χ0n) is 10.6. The van der Waals surface area contributed by atoms with Crippen LogP contribution in [0.3, 0.4) is 0 Å². The third-order valence-electron chi connectivity index (χ3n) is 2.27. The molecule has 0 aliphatic rings. The third kappa shape index (κ3) is 3.98. The molecule has 102 valence electrons. The van der Waals surface area contributed by atoms with Crippen molar-refractivity contribution in [1.29, 1.82) is 0 Å². The van der Waals surface area contributed by atoms with Gasteiger partial charge in [0.05, 0.1) is 17.9 Å². The second kappa shape index (κ2) is 6.39. The van der Waals surface area contributed by atoms with Crippen molar-refractivity contribution in [3.05, 3.63) is 29.3 Å². The number of ether oxygens (including phenoxy) is 1. The highest BCUT2D eigenvalue weighted by molar-refractivity contribution is 6.03. The number of carbonyl (C=O) groups is 2. The molecule has 0 aliphatic heterocycles. The van der Waals surface area contributed by atoms with Crippen molar-refractivity contribution < 1.29 is 19.4 Å². The molecule has 1 aromatic rings. The number of phenols is 1. The van der Waals surface area contributed by atoms with Crippen LogP contribution in [0.15, 0.2) is 23.3 Å². The predicted octanol–water partition coefficient (Wildman–Crippen LogP) is 0.961. The molecule has 0 unspecified atom stereocenters. The number of carbonyl (C=O) groups excluding carboxylic acids is 2. The lowest BCUT2D eigenvalue weighted by Crippen LogP contribution is -2.20. The normalized spacial score (nSPS) is 10.9. The molecule has 2 amide bonds. The van der Waals surface area contributed by atoms with Crippen molar-refractivity contribution in [2.45, 2.75) is 13.8 Å². The van der Waals surface area contributed by atoms with E-state index in [1.165, 1.54) is 12.1 Å². The van der Waals surface area contributed by atoms with Crippen molar-refractivity contribution >= 4 is 17.7 Å². The smallest absolute Gasteiger partial charge is 0.427 e. The molecule has 0 aromatic heterocycles. The summed E-state index contributed by atoms with van der Waals surface area (Å²) in [4.78, 5) is 22.1. The monoisotopic (exact) mass is 265 g/mol. The number of primary amides is 1. The second-order valence-corrected chi connectivity index (χ2v) is 3.63. The summed E-state index contributed by atoms with van der Waals surface area (Å²) >= 11 is 0. The summed E-state index contributed by atoms with van der Waals surface area (Å²) < 4.78 is 4.64. The van der Waals surface area contributed by atoms with Gasteiger partial charge in [0.25, 0.3) is 5.91 Å². The van der Waals surface area contributed by atoms with Crippen LogP contribution in [-0.4, -0.2) is 29.4 Å². The second-order valence-electron chi connectivity index (χ2n) is 3.63. The highest BCUT2D eigenvalue weighted by Gasteiger charge is 2.10. The summed E-state index contributed by atoms with van der Waals surface area (Å²) in [6.07, 6.45) is -0.671. The van der Waals surface area contributed by atoms with E-state index in [1.54, 1.807) is 19.9 Å². The molecule has 0 bridgehead atoms. The van der Waals surface area contributed by atoms with Crippen LogP contribution in [0.25, 0.3) is 0 Å². The van der Waals surface area contributed by atoms with E-state index < -0.39 is 12.0 Å². The van der Waals surface area contributed by atoms with E-state index in [1.807, 2.05) is 0 Å². The first-order valence-electron chi connectivity index (χ1n) is 5.56. The Hall–Kier alpha value is -2.57. The van der Waals surface area contributed by atoms with Crippen molar-refractivity contribution in [1.82, 2.24) is 5.43 Å². The van der Waals surface area contributed by atoms with Gasteiger partial charge in [0, 0.05) is 0 Å². The molecule has 0 spiro atoms. The maximum Gasteiger partial charge on any atom is 0.427 e. The number of hydrazone groups is 1. The third-order valence-corrected chi connectivity index (χ3v) is 2.27. The van der Waals surface area contributed by atoms with Crippen LogP contribution in [0.2, 0.25) is 0 Å². The SMILES string of the molecule is CCOC(=O)NN=C(C)c1ccc(O)c(C(N)=O)c1. The molecule has 0 radical (unpaired) electrons. The van der Waals surface area contributed by atoms with Gasteiger partial charge < -0.3 is 15.6 Å². The molecule has 7 nitrogen and oxygen atoms in total. The Bertz CT molecular complexity index is 526. The first kappa shape index (κ1) is 14.5. The molecular weight excluding hydrogens is 250 g/mol. The van der Waals surface area contributed by atoms with Gasteiger partial charge in [-0.05, 0) is 37.6 Å². The number of nitrogens with two attached hydrogens (primary N) is 1. The maximum absolute atomic E-state index is 11.1. The lowest BCUT2D eigenvalue weighted by atomic mass is 10.1. The summed E-state index contributed by atoms with van der Waals surface area (Å²) in [6.45, 7) is 3.55. The number of rotatable bonds is 4. The Labute approximate surface area is 110 Å². The quantitative estimate of drug-likeness (QED) is 0.555. The van der Waals surface area contributed by atoms with Crippen molar-refractivity contribution in [2.75, 3.05) is 6.61 Å². The van der Waals surface area contributed by atoms with E-state index >= 15 is 0 Å². The van der Waals surface area contributed by atoms with Crippen LogP contribution in [-0.2, 0) is 4.74 Å². The maximum atomic E-state index is 11.1. The van der Waals surface area contributed by atoms with E-state index in [9.17, 15) is 14.7 Å². The topological polar surface area (TPSA) is 114 Å². The van der Waals surface area contributed by atoms with Gasteiger partial charge >= 0.3 is 6.09 Å². The predicted molar refractivity (Wildman–Crippen MR) is 69.0 cm³/mol. The Kier molecular flexibility index (Phi) is 4.87. The van der Waals surface area contributed by atoms with Crippen molar-refractivity contribution in [3.8, 4) is 5.75 Å². The number of aromatic hydroxyl groups is 1. The van der Waals surface area contributed by atoms with Crippen LogP contribution >= 0.6 is 0 Å². The lowest BCUT2D eigenvalue weighted by molar-refractivity contribution is 0.0997. The number of hydrogen-bond acceptors (Lipinski definition) is 5. The van der Waals surface area contributed by atoms with Gasteiger partial charge in [-0.3, -0.25) is 4.79 Å². The lowest BCUT2D eigenvalue weighted by Gasteiger charge is -2.05. The van der Waals surface area contributed by atoms with Gasteiger partial charge in [-0.25, -0.2) is 10.2 Å². The van der Waals surface area contributed by atoms with Gasteiger partial charge in [0.1, 0.15) is 5.75 Å². The van der Waals surface area contributed by atoms with Crippen LogP contribution in [0, 0.1) is 0 Å². The summed E-state index contributed by atoms with van der Waals surface area (Å²) in [6, 6.07) is 4.27. The molecule has 0 fully saturated rings. The molecule has 0 saturated carbocycles. The van der Waals surface area contributed by atoms with Gasteiger partial charge in [0.2, 0.25) is 0 Å². The Balaban J connectivity index is 2.91. The fraction of sp³-hybridized carbons (Fsp3) is 0.250. The zero-order valence-corrected chi connectivity index (χ0v) is 10.6. The van der Waals surface area contributed by atoms with Crippen LogP contribution in [0.4, 0.5) is 4.79 Å². The van der Waals surface area contributed by atoms with E-state index in [-0.39, 0.29) is 17.9 Å². The van der Waals surface area contributed by atoms with Crippen molar-refractivity contribution in [2.24, 2.45) is 10.8 Å². The Morgan fingerprint density at radius 3 is 2.74 bits per heavy atom. The minimum Gasteiger partial charge on any atom is -0.507 e. The molecule has 7 heteroatoms. The molecule has 1 rings (SSSR count). The average molecular weight is 265 g/mol. The molecule has 19 heavy (non-hydrogen) atoms. The first-order chi connectivity index (χ1) is 8.95. The standard InChI is InChI=1S/C12H15N3O4/c1-3-19-12(18)15-14-7(2)8-4-5-10(16)9(6-8)11(13)17/h4-6,16H,3H2,1-2H3,(H2,13,17)(H,15,18). The Morgan fingerprint density at radius 1 is 1.47 bits per heavy atom. The zero-order chi connectivity index (χ0) is 14.4. The summed E-state index contributed by atoms with van der Waals surface area (Å²) in [5.74, 6) is -0.951. The van der Waals surface area contributed by atoms with Gasteiger partial charge in [-0.1, -0.05) is 0 Å². The first-order valence-corrected chi connectivity index (χ1v) is 5.56. The van der Waals surface area contributed by atoms with Gasteiger partial charge in [-0.15, -0.1) is 0 Å².